The molecular formula is C21H17ClN4O3S. The molecule has 7 nitrogen and oxygen atoms in total. The van der Waals surface area contributed by atoms with Crippen LogP contribution in [-0.4, -0.2) is 28.0 Å². The van der Waals surface area contributed by atoms with Gasteiger partial charge >= 0.3 is 0 Å². The monoisotopic (exact) mass is 440 g/mol. The second-order valence-corrected chi connectivity index (χ2v) is 7.99. The average Bonchev–Trinajstić information content (AvgIpc) is 3.20. The van der Waals surface area contributed by atoms with Crippen molar-refractivity contribution in [1.29, 1.82) is 0 Å². The van der Waals surface area contributed by atoms with Gasteiger partial charge in [0.25, 0.3) is 5.56 Å². The van der Waals surface area contributed by atoms with E-state index >= 15 is 0 Å². The molecular weight excluding hydrogens is 424 g/mol. The summed E-state index contributed by atoms with van der Waals surface area (Å²) in [6, 6.07) is 15.5. The van der Waals surface area contributed by atoms with E-state index in [1.807, 2.05) is 30.3 Å². The Kier molecular flexibility index (Phi) is 5.52. The second-order valence-electron chi connectivity index (χ2n) is 6.55. The van der Waals surface area contributed by atoms with E-state index in [2.05, 4.69) is 15.6 Å². The van der Waals surface area contributed by atoms with Crippen molar-refractivity contribution >= 4 is 44.7 Å². The predicted octanol–water partition coefficient (Wildman–Crippen LogP) is 4.38. The topological polar surface area (TPSA) is 86.1 Å². The molecule has 0 aliphatic heterocycles. The van der Waals surface area contributed by atoms with Crippen LogP contribution in [0.2, 0.25) is 5.02 Å². The first-order valence-electron chi connectivity index (χ1n) is 9.07. The van der Waals surface area contributed by atoms with E-state index in [0.717, 1.165) is 15.1 Å². The number of carbonyl (C=O) groups is 1. The Bertz CT molecular complexity index is 1290. The van der Waals surface area contributed by atoms with E-state index in [9.17, 15) is 9.59 Å². The first-order valence-corrected chi connectivity index (χ1v) is 10.3. The molecule has 0 saturated carbocycles. The number of aromatic nitrogens is 3. The fourth-order valence-electron chi connectivity index (χ4n) is 2.96. The van der Waals surface area contributed by atoms with Gasteiger partial charge in [-0.05, 0) is 36.8 Å². The van der Waals surface area contributed by atoms with Crippen molar-refractivity contribution in [3.63, 3.8) is 0 Å². The number of anilines is 1. The van der Waals surface area contributed by atoms with E-state index in [0.29, 0.717) is 26.7 Å². The Morgan fingerprint density at radius 1 is 1.20 bits per heavy atom. The van der Waals surface area contributed by atoms with Crippen LogP contribution in [0.5, 0.6) is 5.75 Å². The summed E-state index contributed by atoms with van der Waals surface area (Å²) in [5.74, 6) is 0.0902. The molecule has 1 N–H and O–H groups in total. The quantitative estimate of drug-likeness (QED) is 0.497. The molecule has 4 aromatic rings. The van der Waals surface area contributed by atoms with Crippen LogP contribution >= 0.6 is 22.9 Å². The normalized spacial score (nSPS) is 12.0. The molecule has 0 aliphatic carbocycles. The fourth-order valence-corrected chi connectivity index (χ4v) is 4.19. The Balaban J connectivity index is 1.62. The number of hydrogen-bond acceptors (Lipinski definition) is 6. The van der Waals surface area contributed by atoms with E-state index in [4.69, 9.17) is 16.3 Å². The first-order chi connectivity index (χ1) is 14.5. The molecule has 30 heavy (non-hydrogen) atoms. The van der Waals surface area contributed by atoms with E-state index < -0.39 is 11.9 Å². The van der Waals surface area contributed by atoms with E-state index in [1.54, 1.807) is 31.2 Å². The third-order valence-corrected chi connectivity index (χ3v) is 5.97. The number of benzene rings is 2. The molecule has 2 aromatic heterocycles. The molecule has 2 aromatic carbocycles. The number of carbonyl (C=O) groups excluding carboxylic acids is 1. The first kappa shape index (κ1) is 20.1. The van der Waals surface area contributed by atoms with Crippen molar-refractivity contribution in [3.8, 4) is 16.2 Å². The maximum atomic E-state index is 13.0. The molecule has 1 amide bonds. The number of halogens is 1. The molecule has 9 heteroatoms. The molecule has 0 bridgehead atoms. The van der Waals surface area contributed by atoms with Crippen LogP contribution in [-0.2, 0) is 4.79 Å². The van der Waals surface area contributed by atoms with Gasteiger partial charge in [-0.2, -0.15) is 4.68 Å². The summed E-state index contributed by atoms with van der Waals surface area (Å²) in [7, 11) is 1.51. The zero-order valence-electron chi connectivity index (χ0n) is 16.1. The summed E-state index contributed by atoms with van der Waals surface area (Å²) in [5, 5.41) is 11.7. The molecule has 0 saturated heterocycles. The Morgan fingerprint density at radius 2 is 1.97 bits per heavy atom. The summed E-state index contributed by atoms with van der Waals surface area (Å²) < 4.78 is 6.19. The number of amides is 1. The van der Waals surface area contributed by atoms with Crippen LogP contribution in [0.15, 0.2) is 59.4 Å². The SMILES string of the molecule is COc1ccc(NC(=O)[C@@H](C)n2nnc3sc(-c4ccccc4)cc3c2=O)cc1Cl. The van der Waals surface area contributed by atoms with Crippen molar-refractivity contribution in [2.24, 2.45) is 0 Å². The van der Waals surface area contributed by atoms with Gasteiger partial charge in [-0.15, -0.1) is 16.4 Å². The number of thiophene rings is 1. The maximum absolute atomic E-state index is 13.0. The van der Waals surface area contributed by atoms with Crippen LogP contribution in [0, 0.1) is 0 Å². The van der Waals surface area contributed by atoms with Crippen LogP contribution in [0.3, 0.4) is 0 Å². The highest BCUT2D eigenvalue weighted by molar-refractivity contribution is 7.21. The minimum atomic E-state index is -0.865. The summed E-state index contributed by atoms with van der Waals surface area (Å²) in [6.45, 7) is 1.59. The van der Waals surface area contributed by atoms with Gasteiger partial charge < -0.3 is 10.1 Å². The van der Waals surface area contributed by atoms with Crippen molar-refractivity contribution in [3.05, 3.63) is 70.0 Å². The Hall–Kier alpha value is -3.23. The maximum Gasteiger partial charge on any atom is 0.279 e. The summed E-state index contributed by atoms with van der Waals surface area (Å²) in [5.41, 5.74) is 1.11. The molecule has 152 valence electrons. The molecule has 2 heterocycles. The lowest BCUT2D eigenvalue weighted by atomic mass is 10.2. The van der Waals surface area contributed by atoms with Gasteiger partial charge in [-0.1, -0.05) is 47.1 Å². The van der Waals surface area contributed by atoms with Crippen LogP contribution < -0.4 is 15.6 Å². The number of ether oxygens (including phenoxy) is 1. The summed E-state index contributed by atoms with van der Waals surface area (Å²) in [4.78, 5) is 27.1. The molecule has 0 radical (unpaired) electrons. The lowest BCUT2D eigenvalue weighted by molar-refractivity contribution is -0.119. The summed E-state index contributed by atoms with van der Waals surface area (Å²) in [6.07, 6.45) is 0. The van der Waals surface area contributed by atoms with Gasteiger partial charge in [-0.3, -0.25) is 9.59 Å². The van der Waals surface area contributed by atoms with E-state index in [-0.39, 0.29) is 5.56 Å². The van der Waals surface area contributed by atoms with E-state index in [1.165, 1.54) is 18.4 Å². The zero-order chi connectivity index (χ0) is 21.3. The highest BCUT2D eigenvalue weighted by Gasteiger charge is 2.21. The predicted molar refractivity (Wildman–Crippen MR) is 118 cm³/mol. The lowest BCUT2D eigenvalue weighted by Crippen LogP contribution is -2.33. The number of fused-ring (bicyclic) bond motifs is 1. The van der Waals surface area contributed by atoms with Crippen LogP contribution in [0.25, 0.3) is 20.7 Å². The molecule has 0 fully saturated rings. The number of rotatable bonds is 5. The van der Waals surface area contributed by atoms with Crippen molar-refractivity contribution in [1.82, 2.24) is 15.0 Å². The van der Waals surface area contributed by atoms with Gasteiger partial charge in [0, 0.05) is 10.6 Å². The van der Waals surface area contributed by atoms with Crippen molar-refractivity contribution < 1.29 is 9.53 Å². The van der Waals surface area contributed by atoms with Crippen molar-refractivity contribution in [2.45, 2.75) is 13.0 Å². The fraction of sp³-hybridized carbons (Fsp3) is 0.143. The van der Waals surface area contributed by atoms with Gasteiger partial charge in [0.15, 0.2) is 4.83 Å². The standard InChI is InChI=1S/C21H17ClN4O3S/c1-12(19(27)23-14-8-9-17(29-2)16(22)10-14)26-21(28)15-11-18(30-20(15)24-25-26)13-6-4-3-5-7-13/h3-12H,1-2H3,(H,23,27)/t12-/m1/s1. The van der Waals surface area contributed by atoms with Crippen LogP contribution in [0.1, 0.15) is 13.0 Å². The van der Waals surface area contributed by atoms with Crippen LogP contribution in [0.4, 0.5) is 5.69 Å². The largest absolute Gasteiger partial charge is 0.495 e. The third-order valence-electron chi connectivity index (χ3n) is 4.61. The average molecular weight is 441 g/mol. The minimum absolute atomic E-state index is 0.367. The second kappa shape index (κ2) is 8.25. The highest BCUT2D eigenvalue weighted by Crippen LogP contribution is 2.30. The number of methoxy groups -OCH3 is 1. The van der Waals surface area contributed by atoms with Gasteiger partial charge in [0.05, 0.1) is 17.5 Å². The number of hydrogen-bond donors (Lipinski definition) is 1. The highest BCUT2D eigenvalue weighted by atomic mass is 35.5. The van der Waals surface area contributed by atoms with Gasteiger partial charge in [0.2, 0.25) is 5.91 Å². The molecule has 0 spiro atoms. The van der Waals surface area contributed by atoms with Gasteiger partial charge in [-0.25, -0.2) is 0 Å². The molecule has 1 atom stereocenters. The molecule has 0 aliphatic rings. The van der Waals surface area contributed by atoms with Crippen molar-refractivity contribution in [2.75, 3.05) is 12.4 Å². The molecule has 4 rings (SSSR count). The summed E-state index contributed by atoms with van der Waals surface area (Å²) >= 11 is 7.49. The third kappa shape index (κ3) is 3.79. The Labute approximate surface area is 180 Å². The number of nitrogens with one attached hydrogen (secondary N) is 1. The molecule has 0 unspecified atom stereocenters. The lowest BCUT2D eigenvalue weighted by Gasteiger charge is -2.14. The zero-order valence-corrected chi connectivity index (χ0v) is 17.7. The number of nitrogens with zero attached hydrogens (tertiary/aromatic N) is 3. The minimum Gasteiger partial charge on any atom is -0.495 e. The van der Waals surface area contributed by atoms with Gasteiger partial charge in [0.1, 0.15) is 11.8 Å². The smallest absolute Gasteiger partial charge is 0.279 e. The Morgan fingerprint density at radius 3 is 2.67 bits per heavy atom.